The van der Waals surface area contributed by atoms with E-state index in [-0.39, 0.29) is 0 Å². The highest BCUT2D eigenvalue weighted by Crippen LogP contribution is 2.16. The largest absolute Gasteiger partial charge is 0.509 e. The van der Waals surface area contributed by atoms with Gasteiger partial charge in [0.25, 0.3) is 0 Å². The first-order chi connectivity index (χ1) is 8.77. The molecule has 0 amide bonds. The van der Waals surface area contributed by atoms with Crippen molar-refractivity contribution in [2.75, 3.05) is 7.11 Å². The Balaban J connectivity index is 2.74. The number of ether oxygens (including phenoxy) is 2. The van der Waals surface area contributed by atoms with Crippen molar-refractivity contribution < 1.29 is 14.3 Å². The summed E-state index contributed by atoms with van der Waals surface area (Å²) in [5, 5.41) is 0. The zero-order valence-electron chi connectivity index (χ0n) is 10.8. The Morgan fingerprint density at radius 1 is 1.33 bits per heavy atom. The minimum Gasteiger partial charge on any atom is -0.438 e. The van der Waals surface area contributed by atoms with E-state index in [1.54, 1.807) is 0 Å². The smallest absolute Gasteiger partial charge is 0.438 e. The molecular formula is C15H18O3. The number of carbonyl (C=O) groups is 1. The van der Waals surface area contributed by atoms with Crippen LogP contribution < -0.4 is 0 Å². The molecule has 1 aromatic rings. The summed E-state index contributed by atoms with van der Waals surface area (Å²) in [5.74, 6) is 5.99. The summed E-state index contributed by atoms with van der Waals surface area (Å²) >= 11 is 0. The van der Waals surface area contributed by atoms with Crippen LogP contribution in [0.15, 0.2) is 30.3 Å². The molecule has 0 saturated carbocycles. The van der Waals surface area contributed by atoms with Gasteiger partial charge in [0.1, 0.15) is 0 Å². The Morgan fingerprint density at radius 2 is 2.06 bits per heavy atom. The molecule has 1 rings (SSSR count). The lowest BCUT2D eigenvalue weighted by atomic mass is 10.1. The molecule has 0 bridgehead atoms. The van der Waals surface area contributed by atoms with Gasteiger partial charge >= 0.3 is 6.16 Å². The highest BCUT2D eigenvalue weighted by molar-refractivity contribution is 5.60. The van der Waals surface area contributed by atoms with E-state index in [1.165, 1.54) is 7.11 Å². The van der Waals surface area contributed by atoms with E-state index in [0.717, 1.165) is 24.8 Å². The molecule has 0 fully saturated rings. The van der Waals surface area contributed by atoms with Crippen LogP contribution in [0.3, 0.4) is 0 Å². The molecule has 0 radical (unpaired) electrons. The van der Waals surface area contributed by atoms with Crippen LogP contribution in [0.5, 0.6) is 0 Å². The summed E-state index contributed by atoms with van der Waals surface area (Å²) < 4.78 is 9.63. The molecule has 96 valence electrons. The summed E-state index contributed by atoms with van der Waals surface area (Å²) in [6, 6.07) is 9.43. The first-order valence-corrected chi connectivity index (χ1v) is 6.06. The normalized spacial score (nSPS) is 11.0. The van der Waals surface area contributed by atoms with Crippen molar-refractivity contribution in [3.63, 3.8) is 0 Å². The second-order valence-corrected chi connectivity index (χ2v) is 3.79. The average Bonchev–Trinajstić information content (AvgIpc) is 2.43. The molecule has 3 nitrogen and oxygen atoms in total. The van der Waals surface area contributed by atoms with E-state index in [9.17, 15) is 4.79 Å². The van der Waals surface area contributed by atoms with E-state index in [2.05, 4.69) is 23.5 Å². The molecule has 1 atom stereocenters. The van der Waals surface area contributed by atoms with Crippen LogP contribution >= 0.6 is 0 Å². The van der Waals surface area contributed by atoms with E-state index in [1.807, 2.05) is 30.3 Å². The molecule has 18 heavy (non-hydrogen) atoms. The SMILES string of the molecule is CCCCC#C[C@H](OC(=O)OC)c1ccccc1. The van der Waals surface area contributed by atoms with Gasteiger partial charge in [0, 0.05) is 12.0 Å². The molecule has 0 spiro atoms. The average molecular weight is 246 g/mol. The molecule has 0 heterocycles. The number of methoxy groups -OCH3 is 1. The van der Waals surface area contributed by atoms with Crippen LogP contribution in [-0.4, -0.2) is 13.3 Å². The van der Waals surface area contributed by atoms with Gasteiger partial charge in [-0.25, -0.2) is 4.79 Å². The fourth-order valence-electron chi connectivity index (χ4n) is 1.38. The number of hydrogen-bond donors (Lipinski definition) is 0. The minimum atomic E-state index is -0.714. The van der Waals surface area contributed by atoms with Gasteiger partial charge in [0.05, 0.1) is 7.11 Å². The maximum absolute atomic E-state index is 11.2. The Kier molecular flexibility index (Phi) is 6.42. The van der Waals surface area contributed by atoms with Crippen molar-refractivity contribution in [2.45, 2.75) is 32.3 Å². The van der Waals surface area contributed by atoms with Gasteiger partial charge in [0.15, 0.2) is 6.10 Å². The lowest BCUT2D eigenvalue weighted by molar-refractivity contribution is 0.0550. The molecule has 0 aromatic heterocycles. The zero-order chi connectivity index (χ0) is 13.2. The first kappa shape index (κ1) is 14.1. The maximum Gasteiger partial charge on any atom is 0.509 e. The van der Waals surface area contributed by atoms with Crippen LogP contribution in [0.25, 0.3) is 0 Å². The predicted molar refractivity (Wildman–Crippen MR) is 70.0 cm³/mol. The Morgan fingerprint density at radius 3 is 2.67 bits per heavy atom. The van der Waals surface area contributed by atoms with Gasteiger partial charge in [-0.1, -0.05) is 55.5 Å². The van der Waals surface area contributed by atoms with Crippen molar-refractivity contribution in [3.8, 4) is 11.8 Å². The highest BCUT2D eigenvalue weighted by Gasteiger charge is 2.13. The molecule has 0 saturated heterocycles. The van der Waals surface area contributed by atoms with Crippen molar-refractivity contribution in [2.24, 2.45) is 0 Å². The molecule has 1 aromatic carbocycles. The second-order valence-electron chi connectivity index (χ2n) is 3.79. The number of carbonyl (C=O) groups excluding carboxylic acids is 1. The molecule has 3 heteroatoms. The monoisotopic (exact) mass is 246 g/mol. The third-order valence-corrected chi connectivity index (χ3v) is 2.37. The fourth-order valence-corrected chi connectivity index (χ4v) is 1.38. The van der Waals surface area contributed by atoms with Crippen LogP contribution in [-0.2, 0) is 9.47 Å². The van der Waals surface area contributed by atoms with Crippen molar-refractivity contribution >= 4 is 6.16 Å². The molecule has 0 N–H and O–H groups in total. The van der Waals surface area contributed by atoms with Gasteiger partial charge in [-0.2, -0.15) is 0 Å². The quantitative estimate of drug-likeness (QED) is 0.461. The van der Waals surface area contributed by atoms with Gasteiger partial charge in [-0.05, 0) is 6.42 Å². The molecule has 0 unspecified atom stereocenters. The van der Waals surface area contributed by atoms with E-state index >= 15 is 0 Å². The molecule has 0 aliphatic heterocycles. The fraction of sp³-hybridized carbons (Fsp3) is 0.400. The number of hydrogen-bond acceptors (Lipinski definition) is 3. The van der Waals surface area contributed by atoms with Gasteiger partial charge in [0.2, 0.25) is 0 Å². The van der Waals surface area contributed by atoms with Crippen molar-refractivity contribution in [1.82, 2.24) is 0 Å². The van der Waals surface area contributed by atoms with Crippen LogP contribution in [0.1, 0.15) is 37.9 Å². The Labute approximate surface area is 108 Å². The first-order valence-electron chi connectivity index (χ1n) is 6.06. The van der Waals surface area contributed by atoms with E-state index in [0.29, 0.717) is 0 Å². The summed E-state index contributed by atoms with van der Waals surface area (Å²) in [6.45, 7) is 2.11. The molecule has 0 aliphatic carbocycles. The third kappa shape index (κ3) is 4.92. The van der Waals surface area contributed by atoms with Gasteiger partial charge in [-0.3, -0.25) is 0 Å². The number of benzene rings is 1. The summed E-state index contributed by atoms with van der Waals surface area (Å²) in [4.78, 5) is 11.2. The summed E-state index contributed by atoms with van der Waals surface area (Å²) in [6.07, 6.45) is 1.68. The topological polar surface area (TPSA) is 35.5 Å². The van der Waals surface area contributed by atoms with Crippen LogP contribution in [0.4, 0.5) is 4.79 Å². The standard InChI is InChI=1S/C15H18O3/c1-3-4-5-9-12-14(18-15(16)17-2)13-10-7-6-8-11-13/h6-8,10-11,14H,3-5H2,1-2H3/t14-/m0/s1. The molecular weight excluding hydrogens is 228 g/mol. The van der Waals surface area contributed by atoms with Crippen LogP contribution in [0, 0.1) is 11.8 Å². The summed E-state index contributed by atoms with van der Waals surface area (Å²) in [5.41, 5.74) is 0.854. The number of rotatable bonds is 4. The van der Waals surface area contributed by atoms with E-state index < -0.39 is 12.3 Å². The maximum atomic E-state index is 11.2. The predicted octanol–water partition coefficient (Wildman–Crippen LogP) is 3.70. The lowest BCUT2D eigenvalue weighted by Gasteiger charge is -2.11. The summed E-state index contributed by atoms with van der Waals surface area (Å²) in [7, 11) is 1.29. The van der Waals surface area contributed by atoms with Crippen LogP contribution in [0.2, 0.25) is 0 Å². The van der Waals surface area contributed by atoms with Gasteiger partial charge in [-0.15, -0.1) is 0 Å². The number of unbranched alkanes of at least 4 members (excludes halogenated alkanes) is 2. The highest BCUT2D eigenvalue weighted by atomic mass is 16.7. The third-order valence-electron chi connectivity index (χ3n) is 2.37. The van der Waals surface area contributed by atoms with E-state index in [4.69, 9.17) is 4.74 Å². The zero-order valence-corrected chi connectivity index (χ0v) is 10.8. The lowest BCUT2D eigenvalue weighted by Crippen LogP contribution is -2.09. The minimum absolute atomic E-state index is 0.560. The van der Waals surface area contributed by atoms with Crippen molar-refractivity contribution in [1.29, 1.82) is 0 Å². The second kappa shape index (κ2) is 8.19. The van der Waals surface area contributed by atoms with Gasteiger partial charge < -0.3 is 9.47 Å². The Hall–Kier alpha value is -1.95. The Bertz CT molecular complexity index is 414. The molecule has 0 aliphatic rings. The van der Waals surface area contributed by atoms with Crippen molar-refractivity contribution in [3.05, 3.63) is 35.9 Å².